The zero-order valence-electron chi connectivity index (χ0n) is 18.8. The van der Waals surface area contributed by atoms with Gasteiger partial charge in [0.05, 0.1) is 27.6 Å². The van der Waals surface area contributed by atoms with Crippen LogP contribution in [0.2, 0.25) is 0 Å². The van der Waals surface area contributed by atoms with Crippen molar-refractivity contribution in [2.75, 3.05) is 4.90 Å². The number of pyridine rings is 1. The monoisotopic (exact) mass is 481 g/mol. The lowest BCUT2D eigenvalue weighted by Crippen LogP contribution is -2.30. The Morgan fingerprint density at radius 2 is 1.79 bits per heavy atom. The maximum absolute atomic E-state index is 5.90. The van der Waals surface area contributed by atoms with Gasteiger partial charge in [0.1, 0.15) is 6.04 Å². The van der Waals surface area contributed by atoms with Gasteiger partial charge in [0, 0.05) is 18.1 Å². The summed E-state index contributed by atoms with van der Waals surface area (Å²) in [5.41, 5.74) is 6.65. The number of nitrogens with one attached hydrogen (secondary N) is 1. The molecule has 4 heterocycles. The number of aromatic nitrogens is 3. The molecule has 0 bridgehead atoms. The highest BCUT2D eigenvalue weighted by molar-refractivity contribution is 7.80. The SMILES string of the molecule is Cc1ccc(N2C(=S)N[C@@H](c3ccccn3)[C@H]2c2cccn2-c2nc3ccccc3s2)cc1C. The predicted molar refractivity (Wildman–Crippen MR) is 143 cm³/mol. The summed E-state index contributed by atoms with van der Waals surface area (Å²) in [7, 11) is 0. The standard InChI is InChI=1S/C27H23N5S2/c1-17-12-13-19(16-18(17)2)32-25(24(30-26(32)33)21-9-5-6-14-28-21)22-10-7-15-31(22)27-29-20-8-3-4-11-23(20)34-27/h3-16,24-25H,1-2H3,(H,30,33)/t24-,25+/m0/s1. The number of anilines is 1. The fraction of sp³-hybridized carbons (Fsp3) is 0.148. The average Bonchev–Trinajstić information content (AvgIpc) is 3.57. The molecular weight excluding hydrogens is 458 g/mol. The first-order valence-corrected chi connectivity index (χ1v) is 12.4. The third-order valence-electron chi connectivity index (χ3n) is 6.44. The zero-order chi connectivity index (χ0) is 23.2. The van der Waals surface area contributed by atoms with Crippen molar-refractivity contribution in [2.45, 2.75) is 25.9 Å². The van der Waals surface area contributed by atoms with Gasteiger partial charge in [-0.05, 0) is 85.7 Å². The molecule has 1 aliphatic heterocycles. The van der Waals surface area contributed by atoms with E-state index in [0.29, 0.717) is 5.11 Å². The number of fused-ring (bicyclic) bond motifs is 1. The summed E-state index contributed by atoms with van der Waals surface area (Å²) in [4.78, 5) is 11.8. The van der Waals surface area contributed by atoms with Gasteiger partial charge in [-0.1, -0.05) is 35.6 Å². The Morgan fingerprint density at radius 3 is 2.59 bits per heavy atom. The fourth-order valence-electron chi connectivity index (χ4n) is 4.58. The Labute approximate surface area is 207 Å². The molecular formula is C27H23N5S2. The second kappa shape index (κ2) is 8.34. The number of benzene rings is 2. The van der Waals surface area contributed by atoms with Gasteiger partial charge < -0.3 is 10.2 Å². The van der Waals surface area contributed by atoms with E-state index in [2.05, 4.69) is 94.4 Å². The van der Waals surface area contributed by atoms with Crippen LogP contribution in [0.4, 0.5) is 5.69 Å². The zero-order valence-corrected chi connectivity index (χ0v) is 20.5. The summed E-state index contributed by atoms with van der Waals surface area (Å²) in [6.45, 7) is 4.27. The normalized spacial score (nSPS) is 17.9. The van der Waals surface area contributed by atoms with Crippen molar-refractivity contribution >= 4 is 44.6 Å². The van der Waals surface area contributed by atoms with Crippen LogP contribution < -0.4 is 10.2 Å². The van der Waals surface area contributed by atoms with E-state index in [0.717, 1.165) is 27.7 Å². The summed E-state index contributed by atoms with van der Waals surface area (Å²) in [5.74, 6) is 0. The van der Waals surface area contributed by atoms with E-state index in [-0.39, 0.29) is 12.1 Å². The Kier molecular flexibility index (Phi) is 5.16. The molecule has 1 fully saturated rings. The van der Waals surface area contributed by atoms with Crippen molar-refractivity contribution in [1.82, 2.24) is 19.9 Å². The molecule has 0 spiro atoms. The fourth-order valence-corrected chi connectivity index (χ4v) is 5.90. The number of para-hydroxylation sites is 1. The van der Waals surface area contributed by atoms with E-state index >= 15 is 0 Å². The lowest BCUT2D eigenvalue weighted by atomic mass is 10.0. The summed E-state index contributed by atoms with van der Waals surface area (Å²) in [6, 6.07) is 24.8. The Morgan fingerprint density at radius 1 is 0.941 bits per heavy atom. The Hall–Kier alpha value is -3.55. The van der Waals surface area contributed by atoms with Gasteiger partial charge in [-0.3, -0.25) is 9.55 Å². The average molecular weight is 482 g/mol. The predicted octanol–water partition coefficient (Wildman–Crippen LogP) is 6.28. The van der Waals surface area contributed by atoms with Crippen molar-refractivity contribution in [3.63, 3.8) is 0 Å². The van der Waals surface area contributed by atoms with Crippen LogP contribution in [0.3, 0.4) is 0 Å². The summed E-state index contributed by atoms with van der Waals surface area (Å²) in [6.07, 6.45) is 3.92. The van der Waals surface area contributed by atoms with Crippen LogP contribution in [0.25, 0.3) is 15.3 Å². The van der Waals surface area contributed by atoms with Gasteiger partial charge in [-0.25, -0.2) is 4.98 Å². The lowest BCUT2D eigenvalue weighted by molar-refractivity contribution is 0.549. The van der Waals surface area contributed by atoms with Gasteiger partial charge >= 0.3 is 0 Å². The number of thiazole rings is 1. The van der Waals surface area contributed by atoms with E-state index in [1.54, 1.807) is 11.3 Å². The molecule has 0 saturated carbocycles. The van der Waals surface area contributed by atoms with Gasteiger partial charge in [0.25, 0.3) is 0 Å². The number of rotatable bonds is 4. The quantitative estimate of drug-likeness (QED) is 0.306. The second-order valence-electron chi connectivity index (χ2n) is 8.53. The topological polar surface area (TPSA) is 46.0 Å². The molecule has 2 aromatic carbocycles. The maximum atomic E-state index is 5.90. The molecule has 34 heavy (non-hydrogen) atoms. The van der Waals surface area contributed by atoms with E-state index in [1.807, 2.05) is 24.4 Å². The first-order valence-electron chi connectivity index (χ1n) is 11.2. The van der Waals surface area contributed by atoms with Crippen molar-refractivity contribution in [2.24, 2.45) is 0 Å². The van der Waals surface area contributed by atoms with Crippen molar-refractivity contribution in [1.29, 1.82) is 0 Å². The van der Waals surface area contributed by atoms with Gasteiger partial charge in [0.2, 0.25) is 0 Å². The molecule has 5 nitrogen and oxygen atoms in total. The Bertz CT molecular complexity index is 1470. The van der Waals surface area contributed by atoms with Crippen molar-refractivity contribution in [3.05, 3.63) is 108 Å². The molecule has 1 saturated heterocycles. The van der Waals surface area contributed by atoms with Crippen LogP contribution in [-0.4, -0.2) is 19.6 Å². The molecule has 0 radical (unpaired) electrons. The maximum Gasteiger partial charge on any atom is 0.194 e. The minimum Gasteiger partial charge on any atom is -0.351 e. The largest absolute Gasteiger partial charge is 0.351 e. The number of hydrogen-bond donors (Lipinski definition) is 1. The molecule has 168 valence electrons. The molecule has 7 heteroatoms. The lowest BCUT2D eigenvalue weighted by Gasteiger charge is -2.29. The molecule has 5 aromatic rings. The van der Waals surface area contributed by atoms with Gasteiger partial charge in [-0.2, -0.15) is 0 Å². The highest BCUT2D eigenvalue weighted by atomic mass is 32.1. The Balaban J connectivity index is 1.52. The van der Waals surface area contributed by atoms with E-state index in [1.165, 1.54) is 15.8 Å². The van der Waals surface area contributed by atoms with Crippen molar-refractivity contribution in [3.8, 4) is 5.13 Å². The number of nitrogens with zero attached hydrogens (tertiary/aromatic N) is 4. The van der Waals surface area contributed by atoms with Crippen LogP contribution in [-0.2, 0) is 0 Å². The minimum atomic E-state index is -0.0988. The van der Waals surface area contributed by atoms with Gasteiger partial charge in [0.15, 0.2) is 10.2 Å². The third kappa shape index (κ3) is 3.48. The van der Waals surface area contributed by atoms with Crippen LogP contribution in [0.15, 0.2) is 85.2 Å². The van der Waals surface area contributed by atoms with Crippen LogP contribution >= 0.6 is 23.6 Å². The summed E-state index contributed by atoms with van der Waals surface area (Å²) < 4.78 is 3.36. The van der Waals surface area contributed by atoms with E-state index in [9.17, 15) is 0 Å². The third-order valence-corrected chi connectivity index (χ3v) is 7.79. The van der Waals surface area contributed by atoms with Gasteiger partial charge in [-0.15, -0.1) is 0 Å². The van der Waals surface area contributed by atoms with E-state index in [4.69, 9.17) is 17.2 Å². The minimum absolute atomic E-state index is 0.0912. The first-order chi connectivity index (χ1) is 16.6. The highest BCUT2D eigenvalue weighted by Gasteiger charge is 2.42. The smallest absolute Gasteiger partial charge is 0.194 e. The number of hydrogen-bond acceptors (Lipinski definition) is 4. The molecule has 0 aliphatic carbocycles. The van der Waals surface area contributed by atoms with E-state index < -0.39 is 0 Å². The highest BCUT2D eigenvalue weighted by Crippen LogP contribution is 2.43. The first kappa shape index (κ1) is 21.0. The molecule has 0 unspecified atom stereocenters. The number of aryl methyl sites for hydroxylation is 2. The molecule has 6 rings (SSSR count). The second-order valence-corrected chi connectivity index (χ2v) is 9.93. The van der Waals surface area contributed by atoms with Crippen LogP contribution in [0.1, 0.15) is 34.6 Å². The molecule has 1 aliphatic rings. The molecule has 1 N–H and O–H groups in total. The summed E-state index contributed by atoms with van der Waals surface area (Å²) in [5, 5.41) is 5.20. The van der Waals surface area contributed by atoms with Crippen LogP contribution in [0.5, 0.6) is 0 Å². The molecule has 2 atom stereocenters. The van der Waals surface area contributed by atoms with Crippen LogP contribution in [0, 0.1) is 13.8 Å². The molecule has 0 amide bonds. The molecule has 3 aromatic heterocycles. The number of thiocarbonyl (C=S) groups is 1. The van der Waals surface area contributed by atoms with Crippen molar-refractivity contribution < 1.29 is 0 Å². The summed E-state index contributed by atoms with van der Waals surface area (Å²) >= 11 is 7.60.